The average molecular weight is 344 g/mol. The first-order valence-corrected chi connectivity index (χ1v) is 8.42. The predicted molar refractivity (Wildman–Crippen MR) is 103 cm³/mol. The van der Waals surface area contributed by atoms with E-state index in [1.54, 1.807) is 48.5 Å². The average Bonchev–Trinajstić information content (AvgIpc) is 2.70. The molecule has 0 saturated carbocycles. The van der Waals surface area contributed by atoms with Gasteiger partial charge in [-0.25, -0.2) is 0 Å². The Morgan fingerprint density at radius 3 is 1.88 bits per heavy atom. The molecule has 3 aromatic rings. The van der Waals surface area contributed by atoms with Crippen LogP contribution in [0.2, 0.25) is 0 Å². The number of benzene rings is 3. The fraction of sp³-hybridized carbons (Fsp3) is 0.0909. The number of anilines is 1. The van der Waals surface area contributed by atoms with Gasteiger partial charge in [-0.15, -0.1) is 0 Å². The van der Waals surface area contributed by atoms with Gasteiger partial charge in [0.15, 0.2) is 6.17 Å². The molecule has 0 aromatic heterocycles. The Kier molecular flexibility index (Phi) is 5.44. The second-order valence-corrected chi connectivity index (χ2v) is 5.96. The summed E-state index contributed by atoms with van der Waals surface area (Å²) in [5.41, 5.74) is 2.83. The van der Waals surface area contributed by atoms with E-state index < -0.39 is 6.17 Å². The summed E-state index contributed by atoms with van der Waals surface area (Å²) >= 11 is 0. The number of amides is 1. The summed E-state index contributed by atoms with van der Waals surface area (Å²) in [6.45, 7) is 1.95. The van der Waals surface area contributed by atoms with E-state index >= 15 is 0 Å². The van der Waals surface area contributed by atoms with Crippen molar-refractivity contribution in [3.8, 4) is 0 Å². The zero-order valence-electron chi connectivity index (χ0n) is 14.5. The standard InChI is InChI=1S/C22H20N2O2/c1-16-10-8-9-15-19(16)23-21(20(25)17-11-4-2-5-12-17)24-22(26)18-13-6-3-7-14-18/h2-15,21,23H,1H3,(H,24,26)/t21-/m0/s1. The maximum atomic E-state index is 13.0. The molecule has 0 bridgehead atoms. The van der Waals surface area contributed by atoms with Gasteiger partial charge in [0.2, 0.25) is 5.78 Å². The van der Waals surface area contributed by atoms with Gasteiger partial charge in [0.05, 0.1) is 0 Å². The molecule has 1 amide bonds. The topological polar surface area (TPSA) is 58.2 Å². The zero-order valence-corrected chi connectivity index (χ0v) is 14.5. The van der Waals surface area contributed by atoms with Gasteiger partial charge in [-0.2, -0.15) is 0 Å². The largest absolute Gasteiger partial charge is 0.359 e. The molecule has 1 atom stereocenters. The molecule has 130 valence electrons. The van der Waals surface area contributed by atoms with Gasteiger partial charge in [0, 0.05) is 16.8 Å². The molecular weight excluding hydrogens is 324 g/mol. The minimum Gasteiger partial charge on any atom is -0.359 e. The number of carbonyl (C=O) groups is 2. The molecule has 0 spiro atoms. The third kappa shape index (κ3) is 4.16. The van der Waals surface area contributed by atoms with Crippen LogP contribution in [0.5, 0.6) is 0 Å². The molecule has 0 aliphatic heterocycles. The van der Waals surface area contributed by atoms with Crippen LogP contribution < -0.4 is 10.6 Å². The van der Waals surface area contributed by atoms with Crippen molar-refractivity contribution in [2.24, 2.45) is 0 Å². The van der Waals surface area contributed by atoms with Crippen LogP contribution in [0.3, 0.4) is 0 Å². The number of para-hydroxylation sites is 1. The van der Waals surface area contributed by atoms with Crippen LogP contribution in [-0.2, 0) is 0 Å². The summed E-state index contributed by atoms with van der Waals surface area (Å²) in [4.78, 5) is 25.5. The van der Waals surface area contributed by atoms with Crippen molar-refractivity contribution in [2.45, 2.75) is 13.1 Å². The van der Waals surface area contributed by atoms with Crippen molar-refractivity contribution in [2.75, 3.05) is 5.32 Å². The highest BCUT2D eigenvalue weighted by atomic mass is 16.2. The summed E-state index contributed by atoms with van der Waals surface area (Å²) in [5.74, 6) is -0.501. The van der Waals surface area contributed by atoms with E-state index in [9.17, 15) is 9.59 Å². The van der Waals surface area contributed by atoms with Gasteiger partial charge in [-0.05, 0) is 30.7 Å². The lowest BCUT2D eigenvalue weighted by atomic mass is 10.1. The van der Waals surface area contributed by atoms with E-state index in [4.69, 9.17) is 0 Å². The number of aryl methyl sites for hydroxylation is 1. The van der Waals surface area contributed by atoms with Gasteiger partial charge < -0.3 is 10.6 Å². The molecule has 4 nitrogen and oxygen atoms in total. The Bertz CT molecular complexity index is 892. The summed E-state index contributed by atoms with van der Waals surface area (Å²) in [7, 11) is 0. The second-order valence-electron chi connectivity index (χ2n) is 5.96. The van der Waals surface area contributed by atoms with E-state index in [2.05, 4.69) is 10.6 Å². The zero-order chi connectivity index (χ0) is 18.4. The van der Waals surface area contributed by atoms with Gasteiger partial charge >= 0.3 is 0 Å². The summed E-state index contributed by atoms with van der Waals surface area (Å²) in [5, 5.41) is 5.97. The number of hydrogen-bond donors (Lipinski definition) is 2. The van der Waals surface area contributed by atoms with Crippen LogP contribution in [0.15, 0.2) is 84.9 Å². The van der Waals surface area contributed by atoms with E-state index in [1.165, 1.54) is 0 Å². The van der Waals surface area contributed by atoms with Gasteiger partial charge in [-0.3, -0.25) is 9.59 Å². The summed E-state index contributed by atoms with van der Waals surface area (Å²) in [6, 6.07) is 25.4. The number of hydrogen-bond acceptors (Lipinski definition) is 3. The fourth-order valence-corrected chi connectivity index (χ4v) is 2.63. The van der Waals surface area contributed by atoms with Gasteiger partial charge in [-0.1, -0.05) is 66.7 Å². The minimum absolute atomic E-state index is 0.196. The maximum absolute atomic E-state index is 13.0. The number of nitrogens with one attached hydrogen (secondary N) is 2. The van der Waals surface area contributed by atoms with Crippen LogP contribution in [0.25, 0.3) is 0 Å². The lowest BCUT2D eigenvalue weighted by Gasteiger charge is -2.21. The van der Waals surface area contributed by atoms with E-state index in [0.29, 0.717) is 11.1 Å². The van der Waals surface area contributed by atoms with Crippen LogP contribution in [0, 0.1) is 6.92 Å². The van der Waals surface area contributed by atoms with Crippen molar-refractivity contribution in [3.05, 3.63) is 102 Å². The molecule has 0 unspecified atom stereocenters. The molecule has 0 saturated heterocycles. The first-order valence-electron chi connectivity index (χ1n) is 8.42. The van der Waals surface area contributed by atoms with Crippen molar-refractivity contribution < 1.29 is 9.59 Å². The number of carbonyl (C=O) groups excluding carboxylic acids is 2. The predicted octanol–water partition coefficient (Wildman–Crippen LogP) is 4.05. The first-order chi connectivity index (χ1) is 12.6. The molecule has 0 radical (unpaired) electrons. The Labute approximate surface area is 152 Å². The molecule has 3 aromatic carbocycles. The molecule has 0 aliphatic rings. The van der Waals surface area contributed by atoms with Crippen molar-refractivity contribution >= 4 is 17.4 Å². The SMILES string of the molecule is Cc1ccccc1N[C@@H](NC(=O)c1ccccc1)C(=O)c1ccccc1. The van der Waals surface area contributed by atoms with E-state index in [-0.39, 0.29) is 11.7 Å². The number of ketones is 1. The van der Waals surface area contributed by atoms with Gasteiger partial charge in [0.1, 0.15) is 0 Å². The van der Waals surface area contributed by atoms with Crippen molar-refractivity contribution in [3.63, 3.8) is 0 Å². The lowest BCUT2D eigenvalue weighted by molar-refractivity contribution is 0.0869. The van der Waals surface area contributed by atoms with Crippen LogP contribution >= 0.6 is 0 Å². The number of rotatable bonds is 6. The second kappa shape index (κ2) is 8.12. The molecule has 26 heavy (non-hydrogen) atoms. The first kappa shape index (κ1) is 17.4. The van der Waals surface area contributed by atoms with Crippen LogP contribution in [0.1, 0.15) is 26.3 Å². The Hall–Kier alpha value is -3.40. The van der Waals surface area contributed by atoms with Crippen molar-refractivity contribution in [1.82, 2.24) is 5.32 Å². The highest BCUT2D eigenvalue weighted by molar-refractivity contribution is 6.05. The fourth-order valence-electron chi connectivity index (χ4n) is 2.63. The highest BCUT2D eigenvalue weighted by Crippen LogP contribution is 2.16. The molecule has 2 N–H and O–H groups in total. The third-order valence-corrected chi connectivity index (χ3v) is 4.08. The van der Waals surface area contributed by atoms with E-state index in [0.717, 1.165) is 11.3 Å². The van der Waals surface area contributed by atoms with Crippen molar-refractivity contribution in [1.29, 1.82) is 0 Å². The van der Waals surface area contributed by atoms with Gasteiger partial charge in [0.25, 0.3) is 5.91 Å². The molecule has 0 aliphatic carbocycles. The lowest BCUT2D eigenvalue weighted by Crippen LogP contribution is -2.46. The maximum Gasteiger partial charge on any atom is 0.253 e. The number of Topliss-reactive ketones (excluding diaryl/α,β-unsaturated/α-hetero) is 1. The molecular formula is C22H20N2O2. The Morgan fingerprint density at radius 2 is 1.27 bits per heavy atom. The van der Waals surface area contributed by atoms with Crippen LogP contribution in [0.4, 0.5) is 5.69 Å². The molecule has 0 fully saturated rings. The van der Waals surface area contributed by atoms with E-state index in [1.807, 2.05) is 43.3 Å². The monoisotopic (exact) mass is 344 g/mol. The quantitative estimate of drug-likeness (QED) is 0.524. The molecule has 4 heteroatoms. The Balaban J connectivity index is 1.87. The summed E-state index contributed by atoms with van der Waals surface area (Å²) in [6.07, 6.45) is -0.869. The minimum atomic E-state index is -0.869. The highest BCUT2D eigenvalue weighted by Gasteiger charge is 2.23. The molecule has 3 rings (SSSR count). The van der Waals surface area contributed by atoms with Crippen LogP contribution in [-0.4, -0.2) is 17.9 Å². The Morgan fingerprint density at radius 1 is 0.731 bits per heavy atom. The summed E-state index contributed by atoms with van der Waals surface area (Å²) < 4.78 is 0. The molecule has 0 heterocycles. The smallest absolute Gasteiger partial charge is 0.253 e. The normalized spacial score (nSPS) is 11.4. The third-order valence-electron chi connectivity index (χ3n) is 4.08.